The van der Waals surface area contributed by atoms with Gasteiger partial charge in [-0.2, -0.15) is 0 Å². The summed E-state index contributed by atoms with van der Waals surface area (Å²) in [6, 6.07) is 0. The maximum atomic E-state index is 9.90. The molecule has 0 bridgehead atoms. The molecule has 0 aliphatic heterocycles. The Bertz CT molecular complexity index is 150. The van der Waals surface area contributed by atoms with Gasteiger partial charge in [0.05, 0.1) is 12.2 Å². The van der Waals surface area contributed by atoms with Crippen molar-refractivity contribution in [1.82, 2.24) is 0 Å². The summed E-state index contributed by atoms with van der Waals surface area (Å²) in [7, 11) is 0. The Labute approximate surface area is 93.1 Å². The molecule has 0 radical (unpaired) electrons. The number of rotatable bonds is 8. The molecule has 0 saturated heterocycles. The van der Waals surface area contributed by atoms with Crippen molar-refractivity contribution >= 4 is 0 Å². The molecule has 4 atom stereocenters. The highest BCUT2D eigenvalue weighted by Gasteiger charge is 2.25. The van der Waals surface area contributed by atoms with Gasteiger partial charge in [0.1, 0.15) is 0 Å². The maximum absolute atomic E-state index is 9.90. The second-order valence-corrected chi connectivity index (χ2v) is 4.52. The van der Waals surface area contributed by atoms with Gasteiger partial charge in [-0.1, -0.05) is 27.2 Å². The third-order valence-corrected chi connectivity index (χ3v) is 3.28. The van der Waals surface area contributed by atoms with E-state index < -0.39 is 12.2 Å². The largest absolute Gasteiger partial charge is 0.396 e. The third kappa shape index (κ3) is 5.50. The predicted octanol–water partition coefficient (Wildman–Crippen LogP) is 1.55. The minimum atomic E-state index is -0.458. The minimum absolute atomic E-state index is 0.0846. The van der Waals surface area contributed by atoms with Crippen molar-refractivity contribution in [3.63, 3.8) is 0 Å². The van der Waals surface area contributed by atoms with E-state index in [4.69, 9.17) is 5.11 Å². The van der Waals surface area contributed by atoms with E-state index in [9.17, 15) is 10.2 Å². The van der Waals surface area contributed by atoms with Crippen LogP contribution in [0, 0.1) is 11.8 Å². The molecule has 0 aliphatic carbocycles. The number of aliphatic hydroxyl groups excluding tert-OH is 3. The van der Waals surface area contributed by atoms with Crippen molar-refractivity contribution in [2.24, 2.45) is 11.8 Å². The Morgan fingerprint density at radius 2 is 1.67 bits per heavy atom. The minimum Gasteiger partial charge on any atom is -0.396 e. The van der Waals surface area contributed by atoms with Gasteiger partial charge in [0.25, 0.3) is 0 Å². The molecule has 0 heterocycles. The van der Waals surface area contributed by atoms with Crippen molar-refractivity contribution in [1.29, 1.82) is 0 Å². The Morgan fingerprint density at radius 1 is 1.07 bits per heavy atom. The number of hydrogen-bond acceptors (Lipinski definition) is 3. The van der Waals surface area contributed by atoms with E-state index >= 15 is 0 Å². The Balaban J connectivity index is 3.90. The molecular formula is C12H26O3. The first-order valence-electron chi connectivity index (χ1n) is 6.01. The topological polar surface area (TPSA) is 60.7 Å². The molecule has 3 N–H and O–H groups in total. The van der Waals surface area contributed by atoms with Crippen LogP contribution < -0.4 is 0 Å². The summed E-state index contributed by atoms with van der Waals surface area (Å²) < 4.78 is 0. The molecule has 0 rings (SSSR count). The highest BCUT2D eigenvalue weighted by atomic mass is 16.3. The van der Waals surface area contributed by atoms with E-state index in [1.165, 1.54) is 0 Å². The van der Waals surface area contributed by atoms with Crippen LogP contribution in [0.25, 0.3) is 0 Å². The van der Waals surface area contributed by atoms with E-state index in [1.807, 2.05) is 20.8 Å². The van der Waals surface area contributed by atoms with Gasteiger partial charge in [0.15, 0.2) is 0 Å². The average molecular weight is 218 g/mol. The molecule has 0 spiro atoms. The summed E-state index contributed by atoms with van der Waals surface area (Å²) in [5.41, 5.74) is 0. The van der Waals surface area contributed by atoms with Crippen LogP contribution in [0.4, 0.5) is 0 Å². The molecule has 92 valence electrons. The number of aliphatic hydroxyl groups is 3. The normalized spacial score (nSPS) is 19.6. The van der Waals surface area contributed by atoms with Crippen LogP contribution in [0.2, 0.25) is 0 Å². The highest BCUT2D eigenvalue weighted by molar-refractivity contribution is 4.75. The molecule has 0 aliphatic rings. The summed E-state index contributed by atoms with van der Waals surface area (Å²) in [5, 5.41) is 28.3. The van der Waals surface area contributed by atoms with Gasteiger partial charge < -0.3 is 15.3 Å². The standard InChI is InChI=1S/C12H26O3/c1-4-9(2)12(15)10(3)11(14)7-5-6-8-13/h9-15H,4-8H2,1-3H3/t9-,10+,11+,12+/m0/s1. The zero-order valence-electron chi connectivity index (χ0n) is 10.2. The maximum Gasteiger partial charge on any atom is 0.0615 e. The van der Waals surface area contributed by atoms with Crippen molar-refractivity contribution in [2.75, 3.05) is 6.61 Å². The smallest absolute Gasteiger partial charge is 0.0615 e. The molecular weight excluding hydrogens is 192 g/mol. The van der Waals surface area contributed by atoms with Crippen molar-refractivity contribution in [3.05, 3.63) is 0 Å². The zero-order valence-corrected chi connectivity index (χ0v) is 10.2. The molecule has 0 aromatic heterocycles. The number of hydrogen-bond donors (Lipinski definition) is 3. The molecule has 0 fully saturated rings. The fourth-order valence-corrected chi connectivity index (χ4v) is 1.72. The summed E-state index contributed by atoms with van der Waals surface area (Å²) in [5.74, 6) is 0.145. The molecule has 0 saturated carbocycles. The number of unbranched alkanes of at least 4 members (excludes halogenated alkanes) is 1. The molecule has 0 aromatic rings. The lowest BCUT2D eigenvalue weighted by Gasteiger charge is -2.28. The predicted molar refractivity (Wildman–Crippen MR) is 61.6 cm³/mol. The SMILES string of the molecule is CC[C@H](C)[C@@H](O)[C@H](C)[C@H](O)CCCCO. The van der Waals surface area contributed by atoms with E-state index in [2.05, 4.69) is 0 Å². The van der Waals surface area contributed by atoms with Gasteiger partial charge >= 0.3 is 0 Å². The Kier molecular flexibility index (Phi) is 8.02. The van der Waals surface area contributed by atoms with Gasteiger partial charge in [-0.3, -0.25) is 0 Å². The first kappa shape index (κ1) is 14.9. The fraction of sp³-hybridized carbons (Fsp3) is 1.00. The van der Waals surface area contributed by atoms with Gasteiger partial charge in [-0.15, -0.1) is 0 Å². The van der Waals surface area contributed by atoms with Crippen LogP contribution in [-0.4, -0.2) is 34.1 Å². The van der Waals surface area contributed by atoms with Crippen LogP contribution in [0.15, 0.2) is 0 Å². The average Bonchev–Trinajstić information content (AvgIpc) is 2.26. The fourth-order valence-electron chi connectivity index (χ4n) is 1.72. The van der Waals surface area contributed by atoms with Gasteiger partial charge in [0, 0.05) is 12.5 Å². The van der Waals surface area contributed by atoms with Crippen LogP contribution in [-0.2, 0) is 0 Å². The van der Waals surface area contributed by atoms with Gasteiger partial charge in [-0.25, -0.2) is 0 Å². The van der Waals surface area contributed by atoms with E-state index in [1.54, 1.807) is 0 Å². The van der Waals surface area contributed by atoms with Crippen molar-refractivity contribution < 1.29 is 15.3 Å². The highest BCUT2D eigenvalue weighted by Crippen LogP contribution is 2.21. The molecule has 3 nitrogen and oxygen atoms in total. The van der Waals surface area contributed by atoms with E-state index in [-0.39, 0.29) is 18.4 Å². The third-order valence-electron chi connectivity index (χ3n) is 3.28. The first-order chi connectivity index (χ1) is 7.04. The van der Waals surface area contributed by atoms with Crippen LogP contribution >= 0.6 is 0 Å². The second-order valence-electron chi connectivity index (χ2n) is 4.52. The lowest BCUT2D eigenvalue weighted by Crippen LogP contribution is -2.33. The molecule has 3 heteroatoms. The summed E-state index contributed by atoms with van der Waals surface area (Å²) in [4.78, 5) is 0. The first-order valence-corrected chi connectivity index (χ1v) is 6.01. The summed E-state index contributed by atoms with van der Waals surface area (Å²) in [6.45, 7) is 6.11. The van der Waals surface area contributed by atoms with Gasteiger partial charge in [0.2, 0.25) is 0 Å². The van der Waals surface area contributed by atoms with E-state index in [0.29, 0.717) is 6.42 Å². The molecule has 15 heavy (non-hydrogen) atoms. The summed E-state index contributed by atoms with van der Waals surface area (Å²) >= 11 is 0. The lowest BCUT2D eigenvalue weighted by atomic mass is 9.86. The van der Waals surface area contributed by atoms with Crippen LogP contribution in [0.5, 0.6) is 0 Å². The summed E-state index contributed by atoms with van der Waals surface area (Å²) in [6.07, 6.45) is 2.24. The molecule has 0 amide bonds. The van der Waals surface area contributed by atoms with Crippen LogP contribution in [0.3, 0.4) is 0 Å². The van der Waals surface area contributed by atoms with Gasteiger partial charge in [-0.05, 0) is 25.2 Å². The van der Waals surface area contributed by atoms with E-state index in [0.717, 1.165) is 19.3 Å². The molecule has 0 aromatic carbocycles. The van der Waals surface area contributed by atoms with Crippen LogP contribution in [0.1, 0.15) is 46.5 Å². The second kappa shape index (κ2) is 8.08. The molecule has 0 unspecified atom stereocenters. The lowest BCUT2D eigenvalue weighted by molar-refractivity contribution is -0.0111. The zero-order chi connectivity index (χ0) is 11.8. The monoisotopic (exact) mass is 218 g/mol. The Hall–Kier alpha value is -0.120. The van der Waals surface area contributed by atoms with Crippen molar-refractivity contribution in [2.45, 2.75) is 58.7 Å². The van der Waals surface area contributed by atoms with Crippen molar-refractivity contribution in [3.8, 4) is 0 Å². The quantitative estimate of drug-likeness (QED) is 0.542. The Morgan fingerprint density at radius 3 is 2.13 bits per heavy atom.